The molecule has 0 aliphatic carbocycles. The van der Waals surface area contributed by atoms with Crippen molar-refractivity contribution >= 4 is 29.9 Å². The Hall–Kier alpha value is -2.48. The maximum Gasteiger partial charge on any atom is 0.251 e. The van der Waals surface area contributed by atoms with Gasteiger partial charge in [-0.3, -0.25) is 9.59 Å². The van der Waals surface area contributed by atoms with Gasteiger partial charge in [0, 0.05) is 36.8 Å². The molecule has 0 aromatic heterocycles. The largest absolute Gasteiger partial charge is 0.378 e. The summed E-state index contributed by atoms with van der Waals surface area (Å²) in [6, 6.07) is 12.7. The van der Waals surface area contributed by atoms with Crippen LogP contribution in [0.15, 0.2) is 48.5 Å². The van der Waals surface area contributed by atoms with Gasteiger partial charge < -0.3 is 20.7 Å². The summed E-state index contributed by atoms with van der Waals surface area (Å²) in [7, 11) is 0. The second-order valence-corrected chi connectivity index (χ2v) is 6.36. The van der Waals surface area contributed by atoms with Crippen LogP contribution in [-0.2, 0) is 16.1 Å². The molecule has 6 nitrogen and oxygen atoms in total. The van der Waals surface area contributed by atoms with E-state index in [1.165, 1.54) is 12.1 Å². The first-order valence-corrected chi connectivity index (χ1v) is 8.84. The minimum Gasteiger partial charge on any atom is -0.378 e. The zero-order valence-electron chi connectivity index (χ0n) is 15.2. The van der Waals surface area contributed by atoms with Gasteiger partial charge in [-0.1, -0.05) is 12.1 Å². The fourth-order valence-electron chi connectivity index (χ4n) is 2.78. The number of rotatable bonds is 6. The molecule has 0 spiro atoms. The van der Waals surface area contributed by atoms with Crippen LogP contribution < -0.4 is 16.0 Å². The summed E-state index contributed by atoms with van der Waals surface area (Å²) in [6.07, 6.45) is 0.333. The summed E-state index contributed by atoms with van der Waals surface area (Å²) >= 11 is 0. The fourth-order valence-corrected chi connectivity index (χ4v) is 2.78. The molecule has 0 saturated carbocycles. The van der Waals surface area contributed by atoms with E-state index >= 15 is 0 Å². The number of carbonyl (C=O) groups is 2. The number of ether oxygens (including phenoxy) is 1. The van der Waals surface area contributed by atoms with E-state index in [1.807, 2.05) is 0 Å². The van der Waals surface area contributed by atoms with Crippen molar-refractivity contribution < 1.29 is 18.7 Å². The monoisotopic (exact) mass is 407 g/mol. The van der Waals surface area contributed by atoms with Gasteiger partial charge in [-0.2, -0.15) is 0 Å². The number of halogens is 2. The van der Waals surface area contributed by atoms with E-state index in [4.69, 9.17) is 4.74 Å². The molecule has 2 aromatic carbocycles. The number of hydrogen-bond acceptors (Lipinski definition) is 4. The third-order valence-corrected chi connectivity index (χ3v) is 4.23. The molecular weight excluding hydrogens is 385 g/mol. The van der Waals surface area contributed by atoms with Crippen LogP contribution in [0, 0.1) is 5.82 Å². The molecule has 1 unspecified atom stereocenters. The molecule has 28 heavy (non-hydrogen) atoms. The highest BCUT2D eigenvalue weighted by Gasteiger charge is 2.17. The quantitative estimate of drug-likeness (QED) is 0.687. The van der Waals surface area contributed by atoms with Gasteiger partial charge in [-0.15, -0.1) is 12.4 Å². The van der Waals surface area contributed by atoms with Gasteiger partial charge in [0.2, 0.25) is 5.91 Å². The Morgan fingerprint density at radius 1 is 1.11 bits per heavy atom. The molecule has 150 valence electrons. The van der Waals surface area contributed by atoms with Gasteiger partial charge in [-0.25, -0.2) is 4.39 Å². The molecule has 0 radical (unpaired) electrons. The molecule has 2 amide bonds. The predicted octanol–water partition coefficient (Wildman–Crippen LogP) is 2.49. The summed E-state index contributed by atoms with van der Waals surface area (Å²) in [6.45, 7) is 2.26. The summed E-state index contributed by atoms with van der Waals surface area (Å²) in [5.74, 6) is -0.651. The zero-order valence-corrected chi connectivity index (χ0v) is 16.1. The van der Waals surface area contributed by atoms with E-state index < -0.39 is 0 Å². The molecule has 1 heterocycles. The van der Waals surface area contributed by atoms with Crippen LogP contribution in [0.2, 0.25) is 0 Å². The molecule has 1 saturated heterocycles. The van der Waals surface area contributed by atoms with E-state index in [0.717, 1.165) is 12.1 Å². The van der Waals surface area contributed by atoms with Crippen molar-refractivity contribution in [3.63, 3.8) is 0 Å². The molecule has 1 aliphatic rings. The molecule has 0 bridgehead atoms. The molecule has 3 N–H and O–H groups in total. The van der Waals surface area contributed by atoms with E-state index in [0.29, 0.717) is 37.4 Å². The predicted molar refractivity (Wildman–Crippen MR) is 107 cm³/mol. The highest BCUT2D eigenvalue weighted by atomic mass is 35.5. The summed E-state index contributed by atoms with van der Waals surface area (Å²) < 4.78 is 18.2. The van der Waals surface area contributed by atoms with E-state index in [-0.39, 0.29) is 36.1 Å². The normalized spacial score (nSPS) is 16.0. The number of benzene rings is 2. The van der Waals surface area contributed by atoms with Gasteiger partial charge in [0.25, 0.3) is 5.91 Å². The van der Waals surface area contributed by atoms with Crippen molar-refractivity contribution in [1.82, 2.24) is 10.6 Å². The Morgan fingerprint density at radius 2 is 1.82 bits per heavy atom. The van der Waals surface area contributed by atoms with Gasteiger partial charge in [0.15, 0.2) is 0 Å². The average Bonchev–Trinajstić information content (AvgIpc) is 2.68. The number of morpholine rings is 1. The highest BCUT2D eigenvalue weighted by molar-refractivity contribution is 5.95. The van der Waals surface area contributed by atoms with E-state index in [1.54, 1.807) is 36.4 Å². The van der Waals surface area contributed by atoms with Gasteiger partial charge in [0.1, 0.15) is 5.82 Å². The maximum atomic E-state index is 12.9. The van der Waals surface area contributed by atoms with Crippen molar-refractivity contribution in [3.8, 4) is 0 Å². The first-order valence-electron chi connectivity index (χ1n) is 8.84. The van der Waals surface area contributed by atoms with Crippen LogP contribution >= 0.6 is 12.4 Å². The van der Waals surface area contributed by atoms with Crippen molar-refractivity contribution in [2.24, 2.45) is 0 Å². The Labute approximate surface area is 169 Å². The molecule has 8 heteroatoms. The lowest BCUT2D eigenvalue weighted by molar-refractivity contribution is -0.117. The highest BCUT2D eigenvalue weighted by Crippen LogP contribution is 2.11. The molecular formula is C20H23ClFN3O3. The number of hydrogen-bond donors (Lipinski definition) is 3. The summed E-state index contributed by atoms with van der Waals surface area (Å²) in [4.78, 5) is 24.3. The number of anilines is 1. The Bertz CT molecular complexity index is 778. The maximum absolute atomic E-state index is 12.9. The van der Waals surface area contributed by atoms with E-state index in [2.05, 4.69) is 16.0 Å². The molecule has 1 atom stereocenters. The first-order chi connectivity index (χ1) is 13.1. The zero-order chi connectivity index (χ0) is 19.1. The topological polar surface area (TPSA) is 79.5 Å². The van der Waals surface area contributed by atoms with Crippen LogP contribution in [0.4, 0.5) is 10.1 Å². The smallest absolute Gasteiger partial charge is 0.251 e. The second-order valence-electron chi connectivity index (χ2n) is 6.36. The van der Waals surface area contributed by atoms with Crippen LogP contribution in [0.3, 0.4) is 0 Å². The van der Waals surface area contributed by atoms with Crippen molar-refractivity contribution in [1.29, 1.82) is 0 Å². The average molecular weight is 408 g/mol. The van der Waals surface area contributed by atoms with Crippen LogP contribution in [0.25, 0.3) is 0 Å². The Balaban J connectivity index is 0.00000280. The van der Waals surface area contributed by atoms with Crippen LogP contribution in [0.1, 0.15) is 22.3 Å². The molecule has 1 fully saturated rings. The number of amides is 2. The second kappa shape index (κ2) is 10.8. The standard InChI is InChI=1S/C20H22FN3O3.ClH/c21-16-5-1-14(2-6-16)12-23-20(26)15-3-7-17(8-4-15)24-19(25)11-18-13-27-10-9-22-18;/h1-8,18,22H,9-13H2,(H,23,26)(H,24,25);1H. The third kappa shape index (κ3) is 6.60. The van der Waals surface area contributed by atoms with Gasteiger partial charge in [0.05, 0.1) is 13.2 Å². The van der Waals surface area contributed by atoms with Crippen LogP contribution in [0.5, 0.6) is 0 Å². The molecule has 2 aromatic rings. The summed E-state index contributed by atoms with van der Waals surface area (Å²) in [5, 5.41) is 8.83. The summed E-state index contributed by atoms with van der Waals surface area (Å²) in [5.41, 5.74) is 1.93. The molecule has 3 rings (SSSR count). The lowest BCUT2D eigenvalue weighted by Gasteiger charge is -2.23. The lowest BCUT2D eigenvalue weighted by Crippen LogP contribution is -2.43. The lowest BCUT2D eigenvalue weighted by atomic mass is 10.1. The third-order valence-electron chi connectivity index (χ3n) is 4.23. The van der Waals surface area contributed by atoms with Crippen molar-refractivity contribution in [2.75, 3.05) is 25.1 Å². The first kappa shape index (κ1) is 21.8. The Morgan fingerprint density at radius 3 is 2.46 bits per heavy atom. The molecule has 1 aliphatic heterocycles. The van der Waals surface area contributed by atoms with Crippen molar-refractivity contribution in [2.45, 2.75) is 19.0 Å². The van der Waals surface area contributed by atoms with Gasteiger partial charge >= 0.3 is 0 Å². The SMILES string of the molecule is Cl.O=C(CC1COCCN1)Nc1ccc(C(=O)NCc2ccc(F)cc2)cc1. The number of nitrogens with one attached hydrogen (secondary N) is 3. The fraction of sp³-hybridized carbons (Fsp3) is 0.300. The Kier molecular flexibility index (Phi) is 8.38. The van der Waals surface area contributed by atoms with Crippen molar-refractivity contribution in [3.05, 3.63) is 65.5 Å². The minimum atomic E-state index is -0.311. The van der Waals surface area contributed by atoms with Gasteiger partial charge in [-0.05, 0) is 42.0 Å². The minimum absolute atomic E-state index is 0. The van der Waals surface area contributed by atoms with E-state index in [9.17, 15) is 14.0 Å². The number of carbonyl (C=O) groups excluding carboxylic acids is 2. The van der Waals surface area contributed by atoms with Crippen LogP contribution in [-0.4, -0.2) is 37.6 Å².